The van der Waals surface area contributed by atoms with E-state index in [4.69, 9.17) is 14.0 Å². The molecule has 2 aromatic carbocycles. The third-order valence-corrected chi connectivity index (χ3v) is 7.11. The lowest BCUT2D eigenvalue weighted by Gasteiger charge is -2.13. The maximum Gasteiger partial charge on any atom is 0.373 e. The average molecular weight is 518 g/mol. The molecule has 0 spiro atoms. The van der Waals surface area contributed by atoms with Crippen LogP contribution in [0, 0.1) is 0 Å². The minimum Gasteiger partial charge on any atom is -0.461 e. The lowest BCUT2D eigenvalue weighted by atomic mass is 10.3. The maximum absolute atomic E-state index is 13.8. The Hall–Kier alpha value is -3.60. The van der Waals surface area contributed by atoms with E-state index < -0.39 is 24.9 Å². The molecule has 3 aromatic rings. The number of para-hydroxylation sites is 2. The van der Waals surface area contributed by atoms with Gasteiger partial charge < -0.3 is 14.0 Å². The first-order chi connectivity index (χ1) is 16.9. The van der Waals surface area contributed by atoms with E-state index in [1.807, 2.05) is 6.07 Å². The van der Waals surface area contributed by atoms with Crippen molar-refractivity contribution in [1.82, 2.24) is 9.17 Å². The van der Waals surface area contributed by atoms with Crippen molar-refractivity contribution in [2.45, 2.75) is 13.8 Å². The van der Waals surface area contributed by atoms with E-state index in [-0.39, 0.29) is 23.6 Å². The summed E-state index contributed by atoms with van der Waals surface area (Å²) in [5.41, 5.74) is 3.07. The van der Waals surface area contributed by atoms with Crippen molar-refractivity contribution in [3.8, 4) is 5.69 Å². The minimum atomic E-state index is -4.33. The number of rotatable bonds is 10. The van der Waals surface area contributed by atoms with Gasteiger partial charge in [0.2, 0.25) is 5.69 Å². The second kappa shape index (κ2) is 12.2. The summed E-state index contributed by atoms with van der Waals surface area (Å²) >= 11 is 0.924. The first-order valence-corrected chi connectivity index (χ1v) is 12.9. The highest BCUT2D eigenvalue weighted by Crippen LogP contribution is 2.49. The zero-order valence-corrected chi connectivity index (χ0v) is 21.0. The number of hydrazone groups is 1. The van der Waals surface area contributed by atoms with Crippen LogP contribution in [0.4, 0.5) is 5.69 Å². The highest BCUT2D eigenvalue weighted by atomic mass is 32.1. The van der Waals surface area contributed by atoms with Crippen molar-refractivity contribution in [1.29, 1.82) is 0 Å². The fourth-order valence-electron chi connectivity index (χ4n) is 2.68. The lowest BCUT2D eigenvalue weighted by molar-refractivity contribution is -0.134. The fourth-order valence-corrected chi connectivity index (χ4v) is 5.03. The van der Waals surface area contributed by atoms with Crippen LogP contribution in [0.2, 0.25) is 0 Å². The molecular weight excluding hydrogens is 493 g/mol. The van der Waals surface area contributed by atoms with Gasteiger partial charge in [-0.05, 0) is 49.6 Å². The van der Waals surface area contributed by atoms with E-state index in [1.54, 1.807) is 68.4 Å². The number of nitrogens with zero attached hydrogens (tertiary/aromatic N) is 4. The van der Waals surface area contributed by atoms with Gasteiger partial charge in [0, 0.05) is 7.11 Å². The van der Waals surface area contributed by atoms with Crippen molar-refractivity contribution in [2.24, 2.45) is 9.86 Å². The van der Waals surface area contributed by atoms with Crippen LogP contribution in [-0.4, -0.2) is 46.9 Å². The number of hydrogen-bond acceptors (Lipinski definition) is 10. The Bertz CT molecular complexity index is 1310. The second-order valence-electron chi connectivity index (χ2n) is 6.61. The van der Waals surface area contributed by atoms with E-state index in [9.17, 15) is 14.2 Å². The van der Waals surface area contributed by atoms with Gasteiger partial charge in [-0.15, -0.1) is 5.10 Å². The quantitative estimate of drug-likeness (QED) is 0.186. The molecule has 1 aromatic heterocycles. The van der Waals surface area contributed by atoms with Gasteiger partial charge in [-0.3, -0.25) is 9.99 Å². The van der Waals surface area contributed by atoms with E-state index in [0.717, 1.165) is 18.6 Å². The summed E-state index contributed by atoms with van der Waals surface area (Å²) in [4.78, 5) is 25.3. The minimum absolute atomic E-state index is 0.00947. The zero-order chi connectivity index (χ0) is 25.3. The molecule has 0 saturated carbocycles. The summed E-state index contributed by atoms with van der Waals surface area (Å²) in [7, 11) is -3.21. The number of nitrogens with one attached hydrogen (secondary N) is 1. The standard InChI is InChI=1S/C22H24N5O6PS/c1-4-32-21(28)18-20(35-27(25-18)17-14-10-7-11-15-17)26-34(30,31-3)19(22(29)33-5-2)24-23-16-12-8-6-9-13-16/h6-15,23H,4-5H2,1-3H3/b24-19-,26-20?/t34-/m0/s1. The van der Waals surface area contributed by atoms with Crippen LogP contribution in [0.3, 0.4) is 0 Å². The smallest absolute Gasteiger partial charge is 0.373 e. The van der Waals surface area contributed by atoms with Crippen molar-refractivity contribution in [3.05, 3.63) is 71.0 Å². The topological polar surface area (TPSA) is 133 Å². The molecule has 0 unspecified atom stereocenters. The van der Waals surface area contributed by atoms with Crippen LogP contribution in [0.25, 0.3) is 5.69 Å². The molecule has 1 heterocycles. The molecule has 11 nitrogen and oxygen atoms in total. The Kier molecular flexibility index (Phi) is 9.07. The van der Waals surface area contributed by atoms with Gasteiger partial charge in [0.25, 0.3) is 5.45 Å². The van der Waals surface area contributed by atoms with Gasteiger partial charge in [0.05, 0.1) is 24.6 Å². The predicted molar refractivity (Wildman–Crippen MR) is 132 cm³/mol. The molecule has 0 amide bonds. The third-order valence-electron chi connectivity index (χ3n) is 4.27. The Morgan fingerprint density at radius 1 is 1.03 bits per heavy atom. The number of esters is 2. The van der Waals surface area contributed by atoms with E-state index in [0.29, 0.717) is 11.4 Å². The summed E-state index contributed by atoms with van der Waals surface area (Å²) in [5.74, 6) is -1.75. The molecule has 0 aliphatic heterocycles. The predicted octanol–water partition coefficient (Wildman–Crippen LogP) is 3.84. The summed E-state index contributed by atoms with van der Waals surface area (Å²) in [5, 5.41) is 8.27. The number of hydrogen-bond donors (Lipinski definition) is 1. The summed E-state index contributed by atoms with van der Waals surface area (Å²) in [6, 6.07) is 17.7. The number of aromatic nitrogens is 2. The van der Waals surface area contributed by atoms with Crippen LogP contribution in [-0.2, 0) is 23.4 Å². The molecule has 0 aliphatic carbocycles. The van der Waals surface area contributed by atoms with Gasteiger partial charge in [0.15, 0.2) is 4.67 Å². The highest BCUT2D eigenvalue weighted by molar-refractivity contribution is 7.78. The molecule has 13 heteroatoms. The molecule has 184 valence electrons. The molecular formula is C22H24N5O6PS. The number of carbonyl (C=O) groups is 2. The molecule has 0 fully saturated rings. The fraction of sp³-hybridized carbons (Fsp3) is 0.227. The number of anilines is 1. The van der Waals surface area contributed by atoms with Gasteiger partial charge in [-0.25, -0.2) is 9.59 Å². The lowest BCUT2D eigenvalue weighted by Crippen LogP contribution is -2.21. The normalized spacial score (nSPS) is 13.7. The van der Waals surface area contributed by atoms with Crippen molar-refractivity contribution < 1.29 is 28.2 Å². The number of carbonyl (C=O) groups excluding carboxylic acids is 2. The van der Waals surface area contributed by atoms with E-state index >= 15 is 0 Å². The summed E-state index contributed by atoms with van der Waals surface area (Å²) in [6.45, 7) is 3.35. The molecule has 0 saturated heterocycles. The Morgan fingerprint density at radius 2 is 1.66 bits per heavy atom. The first-order valence-electron chi connectivity index (χ1n) is 10.5. The molecule has 1 N–H and O–H groups in total. The van der Waals surface area contributed by atoms with Crippen LogP contribution in [0.5, 0.6) is 0 Å². The van der Waals surface area contributed by atoms with Crippen LogP contribution in [0.1, 0.15) is 24.3 Å². The molecule has 3 rings (SSSR count). The van der Waals surface area contributed by atoms with Crippen LogP contribution in [0.15, 0.2) is 70.5 Å². The Balaban J connectivity index is 2.15. The van der Waals surface area contributed by atoms with Gasteiger partial charge >= 0.3 is 19.5 Å². The molecule has 0 radical (unpaired) electrons. The third kappa shape index (κ3) is 6.50. The van der Waals surface area contributed by atoms with Crippen molar-refractivity contribution in [2.75, 3.05) is 25.7 Å². The number of benzene rings is 2. The van der Waals surface area contributed by atoms with Crippen molar-refractivity contribution >= 4 is 42.1 Å². The van der Waals surface area contributed by atoms with E-state index in [2.05, 4.69) is 20.4 Å². The highest BCUT2D eigenvalue weighted by Gasteiger charge is 2.37. The largest absolute Gasteiger partial charge is 0.461 e. The molecule has 0 bridgehead atoms. The summed E-state index contributed by atoms with van der Waals surface area (Å²) in [6.07, 6.45) is 0. The monoisotopic (exact) mass is 517 g/mol. The Morgan fingerprint density at radius 3 is 2.26 bits per heavy atom. The zero-order valence-electron chi connectivity index (χ0n) is 19.3. The Labute approximate surface area is 205 Å². The molecule has 0 aliphatic rings. The summed E-state index contributed by atoms with van der Waals surface area (Å²) < 4.78 is 34.7. The average Bonchev–Trinajstić information content (AvgIpc) is 3.29. The van der Waals surface area contributed by atoms with Crippen molar-refractivity contribution in [3.63, 3.8) is 0 Å². The number of ether oxygens (including phenoxy) is 2. The van der Waals surface area contributed by atoms with E-state index in [1.165, 1.54) is 4.07 Å². The SMILES string of the molecule is CCOC(=O)/C(=N/Nc1ccccc1)[P@@](=O)(N=c1sn(-c2ccccc2)nc1C(=O)OCC)OC. The molecule has 1 atom stereocenters. The molecule has 35 heavy (non-hydrogen) atoms. The maximum atomic E-state index is 13.8. The van der Waals surface area contributed by atoms with Gasteiger partial charge in [-0.1, -0.05) is 36.4 Å². The van der Waals surface area contributed by atoms with Gasteiger partial charge in [-0.2, -0.15) is 13.9 Å². The van der Waals surface area contributed by atoms with Crippen LogP contribution >= 0.6 is 19.1 Å². The van der Waals surface area contributed by atoms with Gasteiger partial charge in [0.1, 0.15) is 0 Å². The first kappa shape index (κ1) is 26.0. The second-order valence-corrected chi connectivity index (χ2v) is 9.56. The van der Waals surface area contributed by atoms with Crippen LogP contribution < -0.4 is 10.1 Å².